The second-order valence-corrected chi connectivity index (χ2v) is 9.58. The maximum Gasteiger partial charge on any atom is 0.146 e. The molecule has 2 aliphatic rings. The Bertz CT molecular complexity index is 959. The van der Waals surface area contributed by atoms with Gasteiger partial charge in [0.05, 0.1) is 0 Å². The highest BCUT2D eigenvalue weighted by atomic mass is 35.5. The van der Waals surface area contributed by atoms with Crippen LogP contribution in [0, 0.1) is 41.2 Å². The topological polar surface area (TPSA) is 0 Å². The second-order valence-electron chi connectivity index (χ2n) is 9.20. The van der Waals surface area contributed by atoms with E-state index in [4.69, 9.17) is 11.6 Å². The first-order chi connectivity index (χ1) is 15.0. The number of benzene rings is 2. The average Bonchev–Trinajstić information content (AvgIpc) is 2.79. The highest BCUT2D eigenvalue weighted by molar-refractivity contribution is 6.30. The van der Waals surface area contributed by atoms with Crippen molar-refractivity contribution < 1.29 is 8.78 Å². The lowest BCUT2D eigenvalue weighted by Crippen LogP contribution is -2.30. The minimum atomic E-state index is -0.786. The summed E-state index contributed by atoms with van der Waals surface area (Å²) in [5.41, 5.74) is 2.52. The summed E-state index contributed by atoms with van der Waals surface area (Å²) in [7, 11) is 0. The summed E-state index contributed by atoms with van der Waals surface area (Å²) in [6, 6.07) is 10.7. The lowest BCUT2D eigenvalue weighted by molar-refractivity contribution is 0.115. The van der Waals surface area contributed by atoms with Crippen LogP contribution >= 0.6 is 11.6 Å². The van der Waals surface area contributed by atoms with Gasteiger partial charge in [0.25, 0.3) is 0 Å². The Balaban J connectivity index is 1.37. The molecular weight excluding hydrogens is 410 g/mol. The average molecular weight is 439 g/mol. The van der Waals surface area contributed by atoms with Crippen LogP contribution in [0.2, 0.25) is 5.02 Å². The molecule has 0 nitrogen and oxygen atoms in total. The van der Waals surface area contributed by atoms with E-state index < -0.39 is 16.7 Å². The molecule has 2 aromatic rings. The third-order valence-corrected chi connectivity index (χ3v) is 7.58. The Labute approximate surface area is 189 Å². The Morgan fingerprint density at radius 3 is 2.26 bits per heavy atom. The van der Waals surface area contributed by atoms with Gasteiger partial charge in [0.2, 0.25) is 0 Å². The summed E-state index contributed by atoms with van der Waals surface area (Å²) >= 11 is 5.53. The lowest BCUT2D eigenvalue weighted by Gasteiger charge is -2.42. The summed E-state index contributed by atoms with van der Waals surface area (Å²) in [6.07, 6.45) is 12.6. The smallest absolute Gasteiger partial charge is 0.146 e. The summed E-state index contributed by atoms with van der Waals surface area (Å²) in [5, 5.41) is -0.491. The Hall–Kier alpha value is -2.11. The molecule has 2 aliphatic carbocycles. The third-order valence-electron chi connectivity index (χ3n) is 7.22. The quantitative estimate of drug-likeness (QED) is 0.256. The van der Waals surface area contributed by atoms with Gasteiger partial charge in [-0.1, -0.05) is 48.1 Å². The van der Waals surface area contributed by atoms with E-state index in [1.807, 2.05) is 12.1 Å². The molecule has 0 aliphatic heterocycles. The fourth-order valence-electron chi connectivity index (χ4n) is 5.52. The lowest BCUT2D eigenvalue weighted by atomic mass is 9.63. The molecule has 0 spiro atoms. The van der Waals surface area contributed by atoms with E-state index in [1.165, 1.54) is 50.5 Å². The maximum absolute atomic E-state index is 13.6. The molecular formula is C28H29ClF2. The normalized spacial score (nSPS) is 25.3. The maximum atomic E-state index is 13.6. The van der Waals surface area contributed by atoms with Crippen LogP contribution in [-0.4, -0.2) is 0 Å². The highest BCUT2D eigenvalue weighted by Crippen LogP contribution is 2.48. The molecule has 0 aromatic heterocycles. The summed E-state index contributed by atoms with van der Waals surface area (Å²) in [4.78, 5) is 0. The molecule has 4 rings (SSSR count). The molecule has 31 heavy (non-hydrogen) atoms. The van der Waals surface area contributed by atoms with Crippen molar-refractivity contribution >= 4 is 11.6 Å². The van der Waals surface area contributed by atoms with E-state index in [1.54, 1.807) is 0 Å². The molecule has 0 radical (unpaired) electrons. The number of hydrogen-bond donors (Lipinski definition) is 0. The fraction of sp³-hybridized carbons (Fsp3) is 0.429. The van der Waals surface area contributed by atoms with Gasteiger partial charge in [-0.15, -0.1) is 6.58 Å². The Morgan fingerprint density at radius 1 is 0.903 bits per heavy atom. The first kappa shape index (κ1) is 22.1. The van der Waals surface area contributed by atoms with Crippen LogP contribution in [0.4, 0.5) is 8.78 Å². The monoisotopic (exact) mass is 438 g/mol. The van der Waals surface area contributed by atoms with E-state index in [0.717, 1.165) is 41.9 Å². The molecule has 3 heteroatoms. The van der Waals surface area contributed by atoms with Gasteiger partial charge in [-0.2, -0.15) is 0 Å². The fourth-order valence-corrected chi connectivity index (χ4v) is 5.62. The summed E-state index contributed by atoms with van der Waals surface area (Å²) in [5.74, 6) is 7.56. The minimum Gasteiger partial charge on any atom is -0.205 e. The van der Waals surface area contributed by atoms with E-state index in [0.29, 0.717) is 5.92 Å². The van der Waals surface area contributed by atoms with Crippen LogP contribution in [0.5, 0.6) is 0 Å². The number of rotatable bonds is 4. The largest absolute Gasteiger partial charge is 0.205 e. The second kappa shape index (κ2) is 10.0. The number of allylic oxidation sites excluding steroid dienone is 1. The molecule has 2 aromatic carbocycles. The van der Waals surface area contributed by atoms with Gasteiger partial charge in [-0.3, -0.25) is 0 Å². The number of halogens is 3. The molecule has 0 N–H and O–H groups in total. The van der Waals surface area contributed by atoms with Gasteiger partial charge in [0, 0.05) is 11.1 Å². The zero-order chi connectivity index (χ0) is 21.8. The molecule has 0 bridgehead atoms. The minimum absolute atomic E-state index is 0.283. The molecule has 162 valence electrons. The molecule has 2 saturated carbocycles. The van der Waals surface area contributed by atoms with Crippen molar-refractivity contribution in [2.45, 2.75) is 57.3 Å². The molecule has 4 unspecified atom stereocenters. The number of hydrogen-bond acceptors (Lipinski definition) is 0. The van der Waals surface area contributed by atoms with Crippen molar-refractivity contribution in [3.05, 3.63) is 82.4 Å². The van der Waals surface area contributed by atoms with Crippen LogP contribution in [-0.2, 0) is 0 Å². The summed E-state index contributed by atoms with van der Waals surface area (Å²) in [6.45, 7) is 3.87. The van der Waals surface area contributed by atoms with E-state index >= 15 is 0 Å². The van der Waals surface area contributed by atoms with Crippen LogP contribution in [0.3, 0.4) is 0 Å². The van der Waals surface area contributed by atoms with Crippen molar-refractivity contribution in [3.8, 4) is 11.8 Å². The predicted octanol–water partition coefficient (Wildman–Crippen LogP) is 8.28. The van der Waals surface area contributed by atoms with Gasteiger partial charge in [-0.05, 0) is 98.4 Å². The van der Waals surface area contributed by atoms with Crippen molar-refractivity contribution in [2.24, 2.45) is 17.8 Å². The van der Waals surface area contributed by atoms with Gasteiger partial charge in [0.1, 0.15) is 16.7 Å². The first-order valence-electron chi connectivity index (χ1n) is 11.4. The van der Waals surface area contributed by atoms with Crippen LogP contribution in [0.1, 0.15) is 74.0 Å². The standard InChI is InChI=1S/C28H29ClF2/c1-2-3-4-20-9-12-25-18-24(14-13-23(25)15-20)22-10-7-19(8-11-22)5-6-21-16-26(30)28(29)27(31)17-21/h2,7-8,10-11,16-17,20,23-25H,1,3-4,9,12-15,18H2. The first-order valence-corrected chi connectivity index (χ1v) is 11.8. The van der Waals surface area contributed by atoms with Gasteiger partial charge < -0.3 is 0 Å². The van der Waals surface area contributed by atoms with Crippen molar-refractivity contribution in [3.63, 3.8) is 0 Å². The van der Waals surface area contributed by atoms with Crippen molar-refractivity contribution in [2.75, 3.05) is 0 Å². The molecule has 2 fully saturated rings. The zero-order valence-corrected chi connectivity index (χ0v) is 18.6. The van der Waals surface area contributed by atoms with Crippen molar-refractivity contribution in [1.29, 1.82) is 0 Å². The molecule has 4 atom stereocenters. The molecule has 0 heterocycles. The van der Waals surface area contributed by atoms with Crippen LogP contribution in [0.25, 0.3) is 0 Å². The van der Waals surface area contributed by atoms with Gasteiger partial charge in [0.15, 0.2) is 0 Å². The van der Waals surface area contributed by atoms with E-state index in [2.05, 4.69) is 36.6 Å². The zero-order valence-electron chi connectivity index (χ0n) is 17.8. The molecule has 0 amide bonds. The van der Waals surface area contributed by atoms with Gasteiger partial charge >= 0.3 is 0 Å². The van der Waals surface area contributed by atoms with E-state index in [9.17, 15) is 8.78 Å². The Morgan fingerprint density at radius 2 is 1.55 bits per heavy atom. The predicted molar refractivity (Wildman–Crippen MR) is 124 cm³/mol. The van der Waals surface area contributed by atoms with Crippen LogP contribution < -0.4 is 0 Å². The van der Waals surface area contributed by atoms with E-state index in [-0.39, 0.29) is 5.56 Å². The Kier molecular flexibility index (Phi) is 7.13. The van der Waals surface area contributed by atoms with Crippen LogP contribution in [0.15, 0.2) is 49.1 Å². The van der Waals surface area contributed by atoms with Gasteiger partial charge in [-0.25, -0.2) is 8.78 Å². The number of fused-ring (bicyclic) bond motifs is 1. The third kappa shape index (κ3) is 5.39. The SMILES string of the molecule is C=CCCC1CCC2CC(c3ccc(C#Cc4cc(F)c(Cl)c(F)c4)cc3)CCC2C1. The molecule has 0 saturated heterocycles. The van der Waals surface area contributed by atoms with Crippen molar-refractivity contribution in [1.82, 2.24) is 0 Å². The summed E-state index contributed by atoms with van der Waals surface area (Å²) < 4.78 is 27.2. The highest BCUT2D eigenvalue weighted by Gasteiger charge is 2.35.